The Morgan fingerprint density at radius 1 is 1.32 bits per heavy atom. The number of carbonyl (C=O) groups excluding carboxylic acids is 2. The fraction of sp³-hybridized carbons (Fsp3) is 0.278. The van der Waals surface area contributed by atoms with Gasteiger partial charge in [0.25, 0.3) is 5.91 Å². The van der Waals surface area contributed by atoms with Gasteiger partial charge >= 0.3 is 0 Å². The van der Waals surface area contributed by atoms with Crippen molar-refractivity contribution in [2.24, 2.45) is 0 Å². The third kappa shape index (κ3) is 3.02. The SMILES string of the molecule is CC(=O)N(c1nc(C)c(C(=O)Nc2ccc3[nH]ccc3c2)s1)C1CC1. The number of hydrogen-bond donors (Lipinski definition) is 2. The van der Waals surface area contributed by atoms with E-state index in [9.17, 15) is 9.59 Å². The Hall–Kier alpha value is -2.67. The van der Waals surface area contributed by atoms with Gasteiger partial charge in [-0.3, -0.25) is 14.5 Å². The molecule has 1 aliphatic carbocycles. The Morgan fingerprint density at radius 2 is 2.12 bits per heavy atom. The molecule has 2 amide bonds. The highest BCUT2D eigenvalue weighted by molar-refractivity contribution is 7.18. The van der Waals surface area contributed by atoms with E-state index in [2.05, 4.69) is 15.3 Å². The van der Waals surface area contributed by atoms with E-state index in [4.69, 9.17) is 0 Å². The number of carbonyl (C=O) groups is 2. The minimum Gasteiger partial charge on any atom is -0.361 e. The van der Waals surface area contributed by atoms with E-state index >= 15 is 0 Å². The minimum atomic E-state index is -0.199. The molecule has 0 radical (unpaired) electrons. The fourth-order valence-corrected chi connectivity index (χ4v) is 3.97. The lowest BCUT2D eigenvalue weighted by atomic mass is 10.2. The summed E-state index contributed by atoms with van der Waals surface area (Å²) >= 11 is 1.27. The smallest absolute Gasteiger partial charge is 0.267 e. The largest absolute Gasteiger partial charge is 0.361 e. The van der Waals surface area contributed by atoms with Crippen molar-refractivity contribution < 1.29 is 9.59 Å². The highest BCUT2D eigenvalue weighted by Gasteiger charge is 2.34. The third-order valence-corrected chi connectivity index (χ3v) is 5.42. The van der Waals surface area contributed by atoms with Crippen molar-refractivity contribution in [2.45, 2.75) is 32.7 Å². The molecule has 0 unspecified atom stereocenters. The molecule has 2 N–H and O–H groups in total. The van der Waals surface area contributed by atoms with Gasteiger partial charge in [0, 0.05) is 35.8 Å². The molecule has 0 atom stereocenters. The Kier molecular flexibility index (Phi) is 3.80. The summed E-state index contributed by atoms with van der Waals surface area (Å²) in [6.07, 6.45) is 3.86. The van der Waals surface area contributed by atoms with E-state index in [1.807, 2.05) is 30.5 Å². The number of aromatic nitrogens is 2. The van der Waals surface area contributed by atoms with Crippen LogP contribution in [0.1, 0.15) is 35.1 Å². The van der Waals surface area contributed by atoms with Crippen molar-refractivity contribution >= 4 is 44.9 Å². The summed E-state index contributed by atoms with van der Waals surface area (Å²) in [4.78, 5) is 34.4. The maximum atomic E-state index is 12.6. The van der Waals surface area contributed by atoms with Crippen LogP contribution in [0.3, 0.4) is 0 Å². The molecule has 25 heavy (non-hydrogen) atoms. The lowest BCUT2D eigenvalue weighted by Gasteiger charge is -2.16. The Bertz CT molecular complexity index is 971. The highest BCUT2D eigenvalue weighted by atomic mass is 32.1. The zero-order valence-corrected chi connectivity index (χ0v) is 14.8. The van der Waals surface area contributed by atoms with E-state index in [1.54, 1.807) is 18.7 Å². The van der Waals surface area contributed by atoms with Crippen LogP contribution in [0.15, 0.2) is 30.5 Å². The number of fused-ring (bicyclic) bond motifs is 1. The minimum absolute atomic E-state index is 0.0267. The molecule has 6 nitrogen and oxygen atoms in total. The van der Waals surface area contributed by atoms with Crippen LogP contribution in [0.2, 0.25) is 0 Å². The van der Waals surface area contributed by atoms with E-state index < -0.39 is 0 Å². The van der Waals surface area contributed by atoms with Gasteiger partial charge in [0.15, 0.2) is 5.13 Å². The molecule has 2 heterocycles. The summed E-state index contributed by atoms with van der Waals surface area (Å²) in [6.45, 7) is 3.34. The summed E-state index contributed by atoms with van der Waals surface area (Å²) in [7, 11) is 0. The molecule has 0 bridgehead atoms. The maximum Gasteiger partial charge on any atom is 0.267 e. The van der Waals surface area contributed by atoms with Crippen molar-refractivity contribution in [3.63, 3.8) is 0 Å². The molecule has 0 saturated heterocycles. The first-order valence-electron chi connectivity index (χ1n) is 8.18. The van der Waals surface area contributed by atoms with E-state index in [1.165, 1.54) is 11.3 Å². The number of amides is 2. The average Bonchev–Trinajstić information content (AvgIpc) is 3.14. The van der Waals surface area contributed by atoms with Gasteiger partial charge in [-0.2, -0.15) is 0 Å². The maximum absolute atomic E-state index is 12.6. The van der Waals surface area contributed by atoms with Gasteiger partial charge in [-0.05, 0) is 44.0 Å². The lowest BCUT2D eigenvalue weighted by Crippen LogP contribution is -2.30. The van der Waals surface area contributed by atoms with Gasteiger partial charge in [0.1, 0.15) is 4.88 Å². The number of thiazole rings is 1. The van der Waals surface area contributed by atoms with E-state index in [0.29, 0.717) is 15.7 Å². The number of nitrogens with zero attached hydrogens (tertiary/aromatic N) is 2. The third-order valence-electron chi connectivity index (χ3n) is 4.26. The number of rotatable bonds is 4. The van der Waals surface area contributed by atoms with Crippen molar-refractivity contribution in [1.29, 1.82) is 0 Å². The van der Waals surface area contributed by atoms with E-state index in [0.717, 1.165) is 29.4 Å². The summed E-state index contributed by atoms with van der Waals surface area (Å²) < 4.78 is 0. The van der Waals surface area contributed by atoms with Crippen LogP contribution in [-0.2, 0) is 4.79 Å². The number of aryl methyl sites for hydroxylation is 1. The first kappa shape index (κ1) is 15.8. The van der Waals surface area contributed by atoms with Crippen LogP contribution < -0.4 is 10.2 Å². The summed E-state index contributed by atoms with van der Waals surface area (Å²) in [5.74, 6) is -0.225. The molecule has 1 aromatic carbocycles. The lowest BCUT2D eigenvalue weighted by molar-refractivity contribution is -0.116. The first-order valence-corrected chi connectivity index (χ1v) is 9.00. The molecule has 128 valence electrons. The Morgan fingerprint density at radius 3 is 2.84 bits per heavy atom. The molecule has 1 aliphatic rings. The number of nitrogens with one attached hydrogen (secondary N) is 2. The van der Waals surface area contributed by atoms with Gasteiger partial charge in [-0.25, -0.2) is 4.98 Å². The second kappa shape index (κ2) is 6.00. The van der Waals surface area contributed by atoms with Crippen molar-refractivity contribution in [1.82, 2.24) is 9.97 Å². The zero-order valence-electron chi connectivity index (χ0n) is 14.0. The molecule has 1 saturated carbocycles. The van der Waals surface area contributed by atoms with Gasteiger partial charge in [0.05, 0.1) is 5.69 Å². The Balaban J connectivity index is 1.58. The van der Waals surface area contributed by atoms with Crippen molar-refractivity contribution in [3.8, 4) is 0 Å². The van der Waals surface area contributed by atoms with Crippen LogP contribution in [-0.4, -0.2) is 27.8 Å². The quantitative estimate of drug-likeness (QED) is 0.750. The molecule has 0 aliphatic heterocycles. The van der Waals surface area contributed by atoms with Gasteiger partial charge in [-0.15, -0.1) is 0 Å². The Labute approximate surface area is 148 Å². The van der Waals surface area contributed by atoms with Gasteiger partial charge in [0.2, 0.25) is 5.91 Å². The predicted octanol–water partition coefficient (Wildman–Crippen LogP) is 3.70. The molecule has 2 aromatic heterocycles. The van der Waals surface area contributed by atoms with Crippen LogP contribution in [0, 0.1) is 6.92 Å². The first-order chi connectivity index (χ1) is 12.0. The normalized spacial score (nSPS) is 13.8. The monoisotopic (exact) mass is 354 g/mol. The molecule has 7 heteroatoms. The molecule has 3 aromatic rings. The standard InChI is InChI=1S/C18H18N4O2S/c1-10-16(25-18(20-10)22(11(2)23)14-4-5-14)17(24)21-13-3-6-15-12(9-13)7-8-19-15/h3,6-9,14,19H,4-5H2,1-2H3,(H,21,24). The number of hydrogen-bond acceptors (Lipinski definition) is 4. The summed E-state index contributed by atoms with van der Waals surface area (Å²) in [6, 6.07) is 7.91. The van der Waals surface area contributed by atoms with Crippen molar-refractivity contribution in [2.75, 3.05) is 10.2 Å². The molecule has 0 spiro atoms. The summed E-state index contributed by atoms with van der Waals surface area (Å²) in [5.41, 5.74) is 2.40. The second-order valence-electron chi connectivity index (χ2n) is 6.26. The molecule has 4 rings (SSSR count). The topological polar surface area (TPSA) is 78.1 Å². The number of anilines is 2. The second-order valence-corrected chi connectivity index (χ2v) is 7.24. The molecular weight excluding hydrogens is 336 g/mol. The van der Waals surface area contributed by atoms with Crippen LogP contribution in [0.5, 0.6) is 0 Å². The van der Waals surface area contributed by atoms with Crippen LogP contribution in [0.4, 0.5) is 10.8 Å². The number of aromatic amines is 1. The number of benzene rings is 1. The number of H-pyrrole nitrogens is 1. The van der Waals surface area contributed by atoms with Crippen molar-refractivity contribution in [3.05, 3.63) is 41.0 Å². The summed E-state index contributed by atoms with van der Waals surface area (Å²) in [5, 5.41) is 4.57. The molecular formula is C18H18N4O2S. The average molecular weight is 354 g/mol. The van der Waals surface area contributed by atoms with E-state index in [-0.39, 0.29) is 17.9 Å². The predicted molar refractivity (Wildman–Crippen MR) is 99.3 cm³/mol. The molecule has 1 fully saturated rings. The highest BCUT2D eigenvalue weighted by Crippen LogP contribution is 2.35. The van der Waals surface area contributed by atoms with Gasteiger partial charge < -0.3 is 10.3 Å². The van der Waals surface area contributed by atoms with Crippen LogP contribution >= 0.6 is 11.3 Å². The van der Waals surface area contributed by atoms with Gasteiger partial charge in [-0.1, -0.05) is 11.3 Å². The van der Waals surface area contributed by atoms with Crippen LogP contribution in [0.25, 0.3) is 10.9 Å². The zero-order chi connectivity index (χ0) is 17.6. The fourth-order valence-electron chi connectivity index (χ4n) is 2.90.